The van der Waals surface area contributed by atoms with E-state index in [2.05, 4.69) is 12.2 Å². The van der Waals surface area contributed by atoms with Gasteiger partial charge in [-0.25, -0.2) is 0 Å². The number of nitrogens with one attached hydrogen (secondary N) is 1. The molecule has 0 radical (unpaired) electrons. The first-order valence-electron chi connectivity index (χ1n) is 6.88. The maximum Gasteiger partial charge on any atom is 0.237 e. The number of rotatable bonds is 2. The lowest BCUT2D eigenvalue weighted by Gasteiger charge is -2.30. The van der Waals surface area contributed by atoms with E-state index in [0.29, 0.717) is 12.0 Å². The van der Waals surface area contributed by atoms with Crippen LogP contribution < -0.4 is 11.1 Å². The van der Waals surface area contributed by atoms with Crippen LogP contribution in [0.15, 0.2) is 0 Å². The lowest BCUT2D eigenvalue weighted by molar-refractivity contribution is -0.125. The lowest BCUT2D eigenvalue weighted by atomic mass is 9.86. The Balaban J connectivity index is 2.54. The van der Waals surface area contributed by atoms with Crippen LogP contribution in [0.3, 0.4) is 0 Å². The van der Waals surface area contributed by atoms with E-state index in [4.69, 9.17) is 5.73 Å². The Kier molecular flexibility index (Phi) is 4.99. The minimum atomic E-state index is -0.419. The molecule has 0 aromatic carbocycles. The zero-order chi connectivity index (χ0) is 13.1. The molecule has 0 saturated heterocycles. The van der Waals surface area contributed by atoms with Crippen molar-refractivity contribution >= 4 is 5.91 Å². The maximum absolute atomic E-state index is 12.1. The van der Waals surface area contributed by atoms with Crippen molar-refractivity contribution in [2.75, 3.05) is 0 Å². The van der Waals surface area contributed by atoms with E-state index in [1.54, 1.807) is 0 Å². The molecule has 2 unspecified atom stereocenters. The number of hydrogen-bond donors (Lipinski definition) is 2. The van der Waals surface area contributed by atoms with Crippen molar-refractivity contribution in [3.63, 3.8) is 0 Å². The maximum atomic E-state index is 12.1. The molecule has 0 bridgehead atoms. The number of hydrogen-bond acceptors (Lipinski definition) is 2. The van der Waals surface area contributed by atoms with Crippen LogP contribution in [0, 0.1) is 11.3 Å². The molecule has 1 saturated carbocycles. The van der Waals surface area contributed by atoms with E-state index in [9.17, 15) is 4.79 Å². The summed E-state index contributed by atoms with van der Waals surface area (Å²) in [5, 5.41) is 3.15. The fraction of sp³-hybridized carbons (Fsp3) is 0.929. The topological polar surface area (TPSA) is 55.1 Å². The Morgan fingerprint density at radius 3 is 2.41 bits per heavy atom. The first kappa shape index (κ1) is 14.5. The lowest BCUT2D eigenvalue weighted by Crippen LogP contribution is -2.52. The van der Waals surface area contributed by atoms with Crippen LogP contribution in [0.1, 0.15) is 59.8 Å². The van der Waals surface area contributed by atoms with Gasteiger partial charge in [0, 0.05) is 6.04 Å². The standard InChI is InChI=1S/C14H28N2O/c1-10-8-6-5-7-9-11(10)16-13(17)12(15)14(2,3)4/h10-12H,5-9,15H2,1-4H3,(H,16,17)/t10?,11?,12-/m1/s1. The van der Waals surface area contributed by atoms with E-state index < -0.39 is 6.04 Å². The van der Waals surface area contributed by atoms with Gasteiger partial charge >= 0.3 is 0 Å². The summed E-state index contributed by atoms with van der Waals surface area (Å²) in [5.41, 5.74) is 5.82. The third-order valence-corrected chi connectivity index (χ3v) is 3.90. The number of nitrogens with two attached hydrogens (primary N) is 1. The highest BCUT2D eigenvalue weighted by Crippen LogP contribution is 2.24. The van der Waals surface area contributed by atoms with Gasteiger partial charge in [-0.3, -0.25) is 4.79 Å². The molecule has 0 heterocycles. The van der Waals surface area contributed by atoms with E-state index in [1.165, 1.54) is 25.7 Å². The second-order valence-corrected chi connectivity index (χ2v) is 6.57. The third-order valence-electron chi connectivity index (χ3n) is 3.90. The van der Waals surface area contributed by atoms with E-state index >= 15 is 0 Å². The Labute approximate surface area is 106 Å². The minimum absolute atomic E-state index is 0.0104. The molecule has 3 nitrogen and oxygen atoms in total. The summed E-state index contributed by atoms with van der Waals surface area (Å²) in [4.78, 5) is 12.1. The van der Waals surface area contributed by atoms with Crippen molar-refractivity contribution in [1.82, 2.24) is 5.32 Å². The van der Waals surface area contributed by atoms with Crippen molar-refractivity contribution in [2.24, 2.45) is 17.1 Å². The SMILES string of the molecule is CC1CCCCCC1NC(=O)[C@@H](N)C(C)(C)C. The molecule has 1 rings (SSSR count). The average Bonchev–Trinajstić information content (AvgIpc) is 2.42. The molecule has 3 atom stereocenters. The quantitative estimate of drug-likeness (QED) is 0.728. The van der Waals surface area contributed by atoms with Crippen molar-refractivity contribution in [3.05, 3.63) is 0 Å². The molecule has 0 aromatic heterocycles. The van der Waals surface area contributed by atoms with Crippen LogP contribution in [0.5, 0.6) is 0 Å². The van der Waals surface area contributed by atoms with Crippen LogP contribution >= 0.6 is 0 Å². The van der Waals surface area contributed by atoms with Crippen molar-refractivity contribution in [3.8, 4) is 0 Å². The Morgan fingerprint density at radius 2 is 1.82 bits per heavy atom. The van der Waals surface area contributed by atoms with Gasteiger partial charge in [-0.05, 0) is 24.2 Å². The van der Waals surface area contributed by atoms with E-state index in [0.717, 1.165) is 6.42 Å². The first-order chi connectivity index (χ1) is 7.82. The van der Waals surface area contributed by atoms with Gasteiger partial charge in [0.05, 0.1) is 6.04 Å². The van der Waals surface area contributed by atoms with Gasteiger partial charge in [0.15, 0.2) is 0 Å². The molecule has 100 valence electrons. The molecule has 17 heavy (non-hydrogen) atoms. The summed E-state index contributed by atoms with van der Waals surface area (Å²) < 4.78 is 0. The molecular weight excluding hydrogens is 212 g/mol. The fourth-order valence-corrected chi connectivity index (χ4v) is 2.37. The second-order valence-electron chi connectivity index (χ2n) is 6.57. The highest BCUT2D eigenvalue weighted by molar-refractivity contribution is 5.82. The predicted octanol–water partition coefficient (Wildman–Crippen LogP) is 2.44. The smallest absolute Gasteiger partial charge is 0.237 e. The van der Waals surface area contributed by atoms with Gasteiger partial charge in [-0.2, -0.15) is 0 Å². The summed E-state index contributed by atoms with van der Waals surface area (Å²) >= 11 is 0. The molecule has 0 aromatic rings. The molecule has 1 aliphatic carbocycles. The van der Waals surface area contributed by atoms with Gasteiger partial charge in [-0.15, -0.1) is 0 Å². The van der Waals surface area contributed by atoms with Crippen LogP contribution in [-0.2, 0) is 4.79 Å². The normalized spacial score (nSPS) is 28.3. The molecule has 3 heteroatoms. The monoisotopic (exact) mass is 240 g/mol. The van der Waals surface area contributed by atoms with Crippen LogP contribution in [0.4, 0.5) is 0 Å². The molecule has 1 fully saturated rings. The van der Waals surface area contributed by atoms with Gasteiger partial charge in [0.25, 0.3) is 0 Å². The Hall–Kier alpha value is -0.570. The summed E-state index contributed by atoms with van der Waals surface area (Å²) in [7, 11) is 0. The predicted molar refractivity (Wildman–Crippen MR) is 71.6 cm³/mol. The Morgan fingerprint density at radius 1 is 1.24 bits per heavy atom. The van der Waals surface area contributed by atoms with Crippen LogP contribution in [0.25, 0.3) is 0 Å². The molecule has 1 amide bonds. The molecule has 1 aliphatic rings. The first-order valence-corrected chi connectivity index (χ1v) is 6.88. The largest absolute Gasteiger partial charge is 0.352 e. The van der Waals surface area contributed by atoms with Gasteiger partial charge in [0.2, 0.25) is 5.91 Å². The third kappa shape index (κ3) is 4.30. The highest BCUT2D eigenvalue weighted by Gasteiger charge is 2.30. The zero-order valence-electron chi connectivity index (χ0n) is 11.8. The average molecular weight is 240 g/mol. The van der Waals surface area contributed by atoms with Crippen molar-refractivity contribution < 1.29 is 4.79 Å². The molecule has 0 aliphatic heterocycles. The number of amides is 1. The van der Waals surface area contributed by atoms with E-state index in [1.807, 2.05) is 20.8 Å². The van der Waals surface area contributed by atoms with Crippen molar-refractivity contribution in [2.45, 2.75) is 71.9 Å². The van der Waals surface area contributed by atoms with Gasteiger partial charge in [0.1, 0.15) is 0 Å². The minimum Gasteiger partial charge on any atom is -0.352 e. The van der Waals surface area contributed by atoms with Gasteiger partial charge in [-0.1, -0.05) is 47.0 Å². The van der Waals surface area contributed by atoms with Gasteiger partial charge < -0.3 is 11.1 Å². The summed E-state index contributed by atoms with van der Waals surface area (Å²) in [5.74, 6) is 0.588. The highest BCUT2D eigenvalue weighted by atomic mass is 16.2. The Bertz CT molecular complexity index is 257. The summed E-state index contributed by atoms with van der Waals surface area (Å²) in [6.07, 6.45) is 6.13. The van der Waals surface area contributed by atoms with E-state index in [-0.39, 0.29) is 11.3 Å². The summed E-state index contributed by atoms with van der Waals surface area (Å²) in [6, 6.07) is -0.101. The zero-order valence-corrected chi connectivity index (χ0v) is 11.8. The van der Waals surface area contributed by atoms with Crippen LogP contribution in [-0.4, -0.2) is 18.0 Å². The number of carbonyl (C=O) groups is 1. The summed E-state index contributed by atoms with van der Waals surface area (Å²) in [6.45, 7) is 8.26. The van der Waals surface area contributed by atoms with Crippen molar-refractivity contribution in [1.29, 1.82) is 0 Å². The molecular formula is C14H28N2O. The van der Waals surface area contributed by atoms with Crippen LogP contribution in [0.2, 0.25) is 0 Å². The second kappa shape index (κ2) is 5.85. The number of carbonyl (C=O) groups excluding carboxylic acids is 1. The molecule has 3 N–H and O–H groups in total. The fourth-order valence-electron chi connectivity index (χ4n) is 2.37. The molecule has 0 spiro atoms.